The lowest BCUT2D eigenvalue weighted by Crippen LogP contribution is -2.62. The van der Waals surface area contributed by atoms with Gasteiger partial charge in [0.25, 0.3) is 0 Å². The molecule has 3 aliphatic heterocycles. The molecule has 10 N–H and O–H groups in total. The molecule has 0 unspecified atom stereocenters. The van der Waals surface area contributed by atoms with Gasteiger partial charge in [0.15, 0.2) is 27.2 Å². The second kappa shape index (κ2) is 13.7. The van der Waals surface area contributed by atoms with Crippen LogP contribution in [0, 0.1) is 0 Å². The van der Waals surface area contributed by atoms with E-state index < -0.39 is 114 Å². The van der Waals surface area contributed by atoms with Gasteiger partial charge in [0.1, 0.15) is 73.2 Å². The van der Waals surface area contributed by atoms with Gasteiger partial charge in [-0.1, -0.05) is 20.8 Å². The molecular weight excluding hydrogens is 572 g/mol. The molecule has 15 atom stereocenters. The summed E-state index contributed by atoms with van der Waals surface area (Å²) in [5.74, 6) is 0. The highest BCUT2D eigenvalue weighted by molar-refractivity contribution is 6.74. The van der Waals surface area contributed by atoms with Crippen molar-refractivity contribution in [2.75, 3.05) is 19.8 Å². The zero-order chi connectivity index (χ0) is 31.0. The molecule has 0 radical (unpaired) electrons. The Labute approximate surface area is 238 Å². The Kier molecular flexibility index (Phi) is 11.7. The van der Waals surface area contributed by atoms with Crippen molar-refractivity contribution in [2.24, 2.45) is 0 Å². The summed E-state index contributed by atoms with van der Waals surface area (Å²) < 4.78 is 33.2. The third-order valence-corrected chi connectivity index (χ3v) is 12.8. The Morgan fingerprint density at radius 2 is 0.878 bits per heavy atom. The van der Waals surface area contributed by atoms with Gasteiger partial charge in [0, 0.05) is 0 Å². The van der Waals surface area contributed by atoms with Crippen LogP contribution < -0.4 is 0 Å². The van der Waals surface area contributed by atoms with Crippen molar-refractivity contribution in [1.29, 1.82) is 0 Å². The van der Waals surface area contributed by atoms with E-state index in [4.69, 9.17) is 28.1 Å². The zero-order valence-corrected chi connectivity index (χ0v) is 24.7. The second-order valence-corrected chi connectivity index (χ2v) is 17.1. The predicted molar refractivity (Wildman–Crippen MR) is 137 cm³/mol. The van der Waals surface area contributed by atoms with Gasteiger partial charge in [-0.05, 0) is 18.1 Å². The first-order valence-electron chi connectivity index (χ1n) is 13.5. The summed E-state index contributed by atoms with van der Waals surface area (Å²) in [6, 6.07) is 0. The number of ether oxygens (including phenoxy) is 5. The number of rotatable bonds is 9. The van der Waals surface area contributed by atoms with Crippen molar-refractivity contribution in [3.63, 3.8) is 0 Å². The Balaban J connectivity index is 1.60. The molecular formula is C24H46O16Si. The van der Waals surface area contributed by atoms with E-state index in [-0.39, 0.29) is 11.6 Å². The highest BCUT2D eigenvalue weighted by Gasteiger charge is 2.49. The Morgan fingerprint density at radius 3 is 1.29 bits per heavy atom. The molecule has 17 heteroatoms. The molecule has 0 bridgehead atoms. The Morgan fingerprint density at radius 1 is 0.512 bits per heavy atom. The van der Waals surface area contributed by atoms with Crippen LogP contribution in [0.15, 0.2) is 0 Å². The second-order valence-electron chi connectivity index (χ2n) is 12.3. The van der Waals surface area contributed by atoms with Crippen molar-refractivity contribution in [2.45, 2.75) is 131 Å². The smallest absolute Gasteiger partial charge is 0.192 e. The Hall–Kier alpha value is -0.423. The minimum Gasteiger partial charge on any atom is -0.414 e. The van der Waals surface area contributed by atoms with Gasteiger partial charge in [-0.3, -0.25) is 0 Å². The molecule has 3 rings (SSSR count). The van der Waals surface area contributed by atoms with Crippen LogP contribution in [0.25, 0.3) is 0 Å². The molecule has 0 aliphatic carbocycles. The van der Waals surface area contributed by atoms with Gasteiger partial charge in [0.05, 0.1) is 19.8 Å². The summed E-state index contributed by atoms with van der Waals surface area (Å²) >= 11 is 0. The van der Waals surface area contributed by atoms with E-state index in [1.165, 1.54) is 0 Å². The first-order valence-corrected chi connectivity index (χ1v) is 16.4. The molecule has 3 fully saturated rings. The summed E-state index contributed by atoms with van der Waals surface area (Å²) in [5.41, 5.74) is 0. The number of hydrogen-bond acceptors (Lipinski definition) is 16. The molecule has 41 heavy (non-hydrogen) atoms. The van der Waals surface area contributed by atoms with Gasteiger partial charge >= 0.3 is 0 Å². The van der Waals surface area contributed by atoms with Gasteiger partial charge in [0.2, 0.25) is 0 Å². The van der Waals surface area contributed by atoms with Crippen LogP contribution in [-0.4, -0.2) is 171 Å². The van der Waals surface area contributed by atoms with Gasteiger partial charge in [-0.2, -0.15) is 0 Å². The molecule has 3 aliphatic rings. The first-order chi connectivity index (χ1) is 18.9. The van der Waals surface area contributed by atoms with E-state index in [0.29, 0.717) is 0 Å². The third-order valence-electron chi connectivity index (χ3n) is 8.29. The largest absolute Gasteiger partial charge is 0.414 e. The molecule has 242 valence electrons. The molecule has 0 aromatic heterocycles. The lowest BCUT2D eigenvalue weighted by molar-refractivity contribution is -0.340. The van der Waals surface area contributed by atoms with Crippen LogP contribution in [0.3, 0.4) is 0 Å². The molecule has 0 aromatic carbocycles. The predicted octanol–water partition coefficient (Wildman–Crippen LogP) is -4.54. The maximum absolute atomic E-state index is 10.4. The summed E-state index contributed by atoms with van der Waals surface area (Å²) in [7, 11) is -2.25. The maximum atomic E-state index is 10.4. The number of aliphatic hydroxyl groups excluding tert-OH is 10. The lowest BCUT2D eigenvalue weighted by Gasteiger charge is -2.44. The van der Waals surface area contributed by atoms with Crippen LogP contribution in [0.1, 0.15) is 20.8 Å². The highest BCUT2D eigenvalue weighted by Crippen LogP contribution is 2.37. The van der Waals surface area contributed by atoms with E-state index in [1.807, 2.05) is 33.9 Å². The summed E-state index contributed by atoms with van der Waals surface area (Å²) in [4.78, 5) is 0. The summed E-state index contributed by atoms with van der Waals surface area (Å²) in [5, 5.41) is 101. The highest BCUT2D eigenvalue weighted by atomic mass is 28.4. The van der Waals surface area contributed by atoms with Crippen molar-refractivity contribution >= 4 is 8.32 Å². The molecule has 3 heterocycles. The van der Waals surface area contributed by atoms with Crippen molar-refractivity contribution in [3.8, 4) is 0 Å². The van der Waals surface area contributed by atoms with E-state index in [1.54, 1.807) is 0 Å². The van der Waals surface area contributed by atoms with E-state index in [2.05, 4.69) is 0 Å². The minimum atomic E-state index is -2.25. The third kappa shape index (κ3) is 7.81. The van der Waals surface area contributed by atoms with Crippen LogP contribution in [0.4, 0.5) is 0 Å². The fraction of sp³-hybridized carbons (Fsp3) is 1.00. The standard InChI is InChI=1S/C24H46O16Si/c1-24(2,3)41(4,5)37-8-11-14(27)17(30)20(33)23(40-11)36-7-10-13(26)16(29)19(32)22(39-10)35-6-9-12(25)15(28)18(31)21(34)38-9/h9-23,25-34H,6-8H2,1-5H3/t9-,10-,11-,12-,13-,14-,15+,16+,17+,18+,19+,20+,21+,22+,23+/m0/s1. The van der Waals surface area contributed by atoms with Crippen LogP contribution >= 0.6 is 0 Å². The number of hydrogen-bond donors (Lipinski definition) is 10. The lowest BCUT2D eigenvalue weighted by atomic mass is 9.98. The molecule has 0 saturated carbocycles. The minimum absolute atomic E-state index is 0.0832. The first kappa shape index (κ1) is 35.1. The average molecular weight is 619 g/mol. The fourth-order valence-corrected chi connectivity index (χ4v) is 5.35. The van der Waals surface area contributed by atoms with Crippen molar-refractivity contribution < 1.29 is 79.2 Å². The van der Waals surface area contributed by atoms with Gasteiger partial charge < -0.3 is 79.2 Å². The van der Waals surface area contributed by atoms with Crippen molar-refractivity contribution in [3.05, 3.63) is 0 Å². The zero-order valence-electron chi connectivity index (χ0n) is 23.7. The molecule has 0 aromatic rings. The molecule has 0 amide bonds. The monoisotopic (exact) mass is 618 g/mol. The van der Waals surface area contributed by atoms with E-state index in [9.17, 15) is 51.1 Å². The van der Waals surface area contributed by atoms with Crippen LogP contribution in [-0.2, 0) is 28.1 Å². The molecule has 3 saturated heterocycles. The Bertz CT molecular complexity index is 830. The van der Waals surface area contributed by atoms with E-state index >= 15 is 0 Å². The number of aliphatic hydroxyl groups is 10. The van der Waals surface area contributed by atoms with Crippen LogP contribution in [0.5, 0.6) is 0 Å². The molecule has 0 spiro atoms. The van der Waals surface area contributed by atoms with Gasteiger partial charge in [-0.15, -0.1) is 0 Å². The quantitative estimate of drug-likeness (QED) is 0.109. The SMILES string of the molecule is CC(C)(C)[Si](C)(C)OC[C@@H]1O[C@@H](OC[C@@H]2O[C@@H](OC[C@@H]3O[C@@H](O)[C@H](O)[C@H](O)[C@H]3O)[C@H](O)[C@H](O)[C@H]2O)[C@H](O)[C@H](O)[C@H]1O. The topological polar surface area (TPSA) is 258 Å². The van der Waals surface area contributed by atoms with Crippen LogP contribution in [0.2, 0.25) is 18.1 Å². The summed E-state index contributed by atoms with van der Waals surface area (Å²) in [6.45, 7) is 8.90. The fourth-order valence-electron chi connectivity index (χ4n) is 4.34. The van der Waals surface area contributed by atoms with Crippen molar-refractivity contribution in [1.82, 2.24) is 0 Å². The summed E-state index contributed by atoms with van der Waals surface area (Å²) in [6.07, 6.45) is -23.9. The van der Waals surface area contributed by atoms with E-state index in [0.717, 1.165) is 0 Å². The van der Waals surface area contributed by atoms with Gasteiger partial charge in [-0.25, -0.2) is 0 Å². The maximum Gasteiger partial charge on any atom is 0.192 e. The molecule has 16 nitrogen and oxygen atoms in total. The normalized spacial score (nSPS) is 46.5. The average Bonchev–Trinajstić information content (AvgIpc) is 2.90.